The minimum absolute atomic E-state index is 0.0398. The molecule has 3 aromatic heterocycles. The van der Waals surface area contributed by atoms with Crippen LogP contribution in [0.25, 0.3) is 22.4 Å². The molecule has 0 unspecified atom stereocenters. The number of pyridine rings is 1. The molecule has 12 heteroatoms. The summed E-state index contributed by atoms with van der Waals surface area (Å²) in [4.78, 5) is 27.0. The van der Waals surface area contributed by atoms with Gasteiger partial charge in [-0.3, -0.25) is 4.79 Å². The van der Waals surface area contributed by atoms with Crippen molar-refractivity contribution in [3.8, 4) is 11.3 Å². The molecule has 0 bridgehead atoms. The SMILES string of the molecule is O=C(Cc1ccc(-c2cnc3[nH]cc(Cl)c3n2)cc1F)Nc1cnc(Cl)c(C(F)(F)F)c1. The van der Waals surface area contributed by atoms with Gasteiger partial charge in [0.25, 0.3) is 0 Å². The molecule has 2 N–H and O–H groups in total. The Morgan fingerprint density at radius 1 is 1.12 bits per heavy atom. The van der Waals surface area contributed by atoms with Crippen LogP contribution in [0.5, 0.6) is 0 Å². The second-order valence-corrected chi connectivity index (χ2v) is 7.45. The maximum absolute atomic E-state index is 14.6. The highest BCUT2D eigenvalue weighted by molar-refractivity contribution is 6.34. The highest BCUT2D eigenvalue weighted by Gasteiger charge is 2.34. The molecule has 0 aliphatic carbocycles. The van der Waals surface area contributed by atoms with Crippen molar-refractivity contribution < 1.29 is 22.4 Å². The van der Waals surface area contributed by atoms with E-state index in [0.29, 0.717) is 33.5 Å². The Balaban J connectivity index is 1.51. The lowest BCUT2D eigenvalue weighted by molar-refractivity contribution is -0.137. The minimum atomic E-state index is -4.73. The van der Waals surface area contributed by atoms with Crippen molar-refractivity contribution in [2.75, 3.05) is 5.32 Å². The average Bonchev–Trinajstić information content (AvgIpc) is 3.10. The number of fused-ring (bicyclic) bond motifs is 1. The van der Waals surface area contributed by atoms with Crippen LogP contribution in [0.4, 0.5) is 23.2 Å². The van der Waals surface area contributed by atoms with E-state index in [1.807, 2.05) is 0 Å². The van der Waals surface area contributed by atoms with Crippen LogP contribution in [0.15, 0.2) is 42.9 Å². The first-order valence-corrected chi connectivity index (χ1v) is 9.68. The van der Waals surface area contributed by atoms with Crippen molar-refractivity contribution >= 4 is 46.0 Å². The second kappa shape index (κ2) is 8.36. The zero-order chi connectivity index (χ0) is 23.0. The number of aromatic amines is 1. The Morgan fingerprint density at radius 3 is 2.62 bits per heavy atom. The molecule has 0 aliphatic rings. The summed E-state index contributed by atoms with van der Waals surface area (Å²) in [5, 5.41) is 1.89. The van der Waals surface area contributed by atoms with Crippen molar-refractivity contribution in [1.29, 1.82) is 0 Å². The first kappa shape index (κ1) is 22.0. The van der Waals surface area contributed by atoms with Gasteiger partial charge in [-0.25, -0.2) is 19.3 Å². The van der Waals surface area contributed by atoms with E-state index in [1.54, 1.807) is 6.07 Å². The van der Waals surface area contributed by atoms with Gasteiger partial charge in [0, 0.05) is 11.8 Å². The molecular formula is C20H11Cl2F4N5O. The van der Waals surface area contributed by atoms with E-state index in [4.69, 9.17) is 23.2 Å². The summed E-state index contributed by atoms with van der Waals surface area (Å²) in [5.41, 5.74) is 0.346. The fraction of sp³-hybridized carbons (Fsp3) is 0.100. The highest BCUT2D eigenvalue weighted by atomic mass is 35.5. The predicted molar refractivity (Wildman–Crippen MR) is 111 cm³/mol. The number of amides is 1. The topological polar surface area (TPSA) is 83.6 Å². The molecular weight excluding hydrogens is 473 g/mol. The number of hydrogen-bond acceptors (Lipinski definition) is 4. The molecule has 0 spiro atoms. The summed E-state index contributed by atoms with van der Waals surface area (Å²) in [6.45, 7) is 0. The Kier molecular flexibility index (Phi) is 5.74. The van der Waals surface area contributed by atoms with Crippen LogP contribution < -0.4 is 5.32 Å². The fourth-order valence-corrected chi connectivity index (χ4v) is 3.34. The molecule has 6 nitrogen and oxygen atoms in total. The van der Waals surface area contributed by atoms with E-state index < -0.39 is 35.0 Å². The van der Waals surface area contributed by atoms with Gasteiger partial charge >= 0.3 is 6.18 Å². The van der Waals surface area contributed by atoms with Gasteiger partial charge in [0.2, 0.25) is 5.91 Å². The van der Waals surface area contributed by atoms with E-state index in [9.17, 15) is 22.4 Å². The summed E-state index contributed by atoms with van der Waals surface area (Å²) >= 11 is 11.5. The number of carbonyl (C=O) groups is 1. The number of carbonyl (C=O) groups excluding carboxylic acids is 1. The number of anilines is 1. The van der Waals surface area contributed by atoms with E-state index in [2.05, 4.69) is 25.3 Å². The van der Waals surface area contributed by atoms with Crippen LogP contribution in [-0.2, 0) is 17.4 Å². The summed E-state index contributed by atoms with van der Waals surface area (Å²) in [7, 11) is 0. The monoisotopic (exact) mass is 483 g/mol. The number of nitrogens with zero attached hydrogens (tertiary/aromatic N) is 3. The normalized spacial score (nSPS) is 11.7. The Labute approximate surface area is 187 Å². The Morgan fingerprint density at radius 2 is 1.91 bits per heavy atom. The molecule has 0 aliphatic heterocycles. The molecule has 1 amide bonds. The van der Waals surface area contributed by atoms with E-state index in [0.717, 1.165) is 6.20 Å². The molecule has 0 atom stereocenters. The zero-order valence-corrected chi connectivity index (χ0v) is 17.3. The quantitative estimate of drug-likeness (QED) is 0.289. The van der Waals surface area contributed by atoms with Gasteiger partial charge in [-0.2, -0.15) is 13.2 Å². The summed E-state index contributed by atoms with van der Waals surface area (Å²) in [5.74, 6) is -1.42. The largest absolute Gasteiger partial charge is 0.419 e. The van der Waals surface area contributed by atoms with Crippen LogP contribution in [0.2, 0.25) is 10.2 Å². The van der Waals surface area contributed by atoms with Gasteiger partial charge < -0.3 is 10.3 Å². The van der Waals surface area contributed by atoms with Crippen molar-refractivity contribution in [2.45, 2.75) is 12.6 Å². The minimum Gasteiger partial charge on any atom is -0.343 e. The number of rotatable bonds is 4. The van der Waals surface area contributed by atoms with Crippen LogP contribution in [0, 0.1) is 5.82 Å². The Hall–Kier alpha value is -3.24. The van der Waals surface area contributed by atoms with E-state index >= 15 is 0 Å². The Bertz CT molecular complexity index is 1340. The molecule has 1 aromatic carbocycles. The van der Waals surface area contributed by atoms with Crippen molar-refractivity contribution in [1.82, 2.24) is 19.9 Å². The van der Waals surface area contributed by atoms with Crippen LogP contribution in [-0.4, -0.2) is 25.8 Å². The number of halogens is 6. The predicted octanol–water partition coefficient (Wildman–Crippen LogP) is 5.67. The number of nitrogens with one attached hydrogen (secondary N) is 2. The van der Waals surface area contributed by atoms with Gasteiger partial charge in [-0.15, -0.1) is 0 Å². The molecule has 0 fully saturated rings. The second-order valence-electron chi connectivity index (χ2n) is 6.68. The molecule has 164 valence electrons. The summed E-state index contributed by atoms with van der Waals surface area (Å²) in [6, 6.07) is 4.78. The maximum atomic E-state index is 14.6. The molecule has 4 aromatic rings. The summed E-state index contributed by atoms with van der Waals surface area (Å²) < 4.78 is 53.4. The highest BCUT2D eigenvalue weighted by Crippen LogP contribution is 2.35. The standard InChI is InChI=1S/C20H11Cl2F4N5O/c21-13-7-28-19-17(13)31-15(8-29-19)10-2-1-9(14(23)3-10)4-16(32)30-11-5-12(20(24,25)26)18(22)27-6-11/h1-3,5-8H,4H2,(H,28,29)(H,30,32). The third-order valence-electron chi connectivity index (χ3n) is 4.46. The average molecular weight is 484 g/mol. The van der Waals surface area contributed by atoms with Gasteiger partial charge in [0.15, 0.2) is 5.65 Å². The first-order valence-electron chi connectivity index (χ1n) is 8.93. The first-order chi connectivity index (χ1) is 15.1. The lowest BCUT2D eigenvalue weighted by Crippen LogP contribution is -2.16. The third-order valence-corrected chi connectivity index (χ3v) is 5.05. The van der Waals surface area contributed by atoms with Crippen LogP contribution in [0.3, 0.4) is 0 Å². The van der Waals surface area contributed by atoms with E-state index in [1.165, 1.54) is 24.5 Å². The van der Waals surface area contributed by atoms with Crippen molar-refractivity contribution in [2.24, 2.45) is 0 Å². The van der Waals surface area contributed by atoms with Gasteiger partial charge in [-0.05, 0) is 17.7 Å². The van der Waals surface area contributed by atoms with Gasteiger partial charge in [0.1, 0.15) is 16.5 Å². The van der Waals surface area contributed by atoms with Crippen LogP contribution in [0.1, 0.15) is 11.1 Å². The smallest absolute Gasteiger partial charge is 0.343 e. The molecule has 3 heterocycles. The van der Waals surface area contributed by atoms with Crippen LogP contribution >= 0.6 is 23.2 Å². The van der Waals surface area contributed by atoms with Gasteiger partial charge in [-0.1, -0.05) is 35.3 Å². The molecule has 32 heavy (non-hydrogen) atoms. The number of H-pyrrole nitrogens is 1. The number of hydrogen-bond donors (Lipinski definition) is 2. The van der Waals surface area contributed by atoms with E-state index in [-0.39, 0.29) is 11.3 Å². The molecule has 4 rings (SSSR count). The number of aromatic nitrogens is 4. The fourth-order valence-electron chi connectivity index (χ4n) is 2.94. The maximum Gasteiger partial charge on any atom is 0.419 e. The van der Waals surface area contributed by atoms with Gasteiger partial charge in [0.05, 0.1) is 40.8 Å². The third kappa shape index (κ3) is 4.51. The lowest BCUT2D eigenvalue weighted by Gasteiger charge is -2.11. The molecule has 0 radical (unpaired) electrons. The lowest BCUT2D eigenvalue weighted by atomic mass is 10.1. The number of benzene rings is 1. The van der Waals surface area contributed by atoms with Crippen molar-refractivity contribution in [3.63, 3.8) is 0 Å². The molecule has 0 saturated carbocycles. The van der Waals surface area contributed by atoms with Crippen molar-refractivity contribution in [3.05, 3.63) is 70.0 Å². The molecule has 0 saturated heterocycles. The summed E-state index contributed by atoms with van der Waals surface area (Å²) in [6.07, 6.45) is -1.18. The number of alkyl halides is 3. The zero-order valence-electron chi connectivity index (χ0n) is 15.8.